The standard InChI is InChI=1S/C20H15N3O4/c1-27-15-9-5-3-7-12(15)11-6-2-4-8-14(11)23-16(24)10-13-17(18(23)21)20(26)22-19(13)25/h2-10H,21H2,1H3,(H,22,25,26). The van der Waals surface area contributed by atoms with Crippen molar-refractivity contribution in [1.82, 2.24) is 9.88 Å². The Morgan fingerprint density at radius 2 is 1.56 bits per heavy atom. The second-order valence-electron chi connectivity index (χ2n) is 5.99. The first-order valence-electron chi connectivity index (χ1n) is 8.17. The monoisotopic (exact) mass is 361 g/mol. The predicted octanol–water partition coefficient (Wildman–Crippen LogP) is 1.98. The topological polar surface area (TPSA) is 103 Å². The van der Waals surface area contributed by atoms with E-state index in [2.05, 4.69) is 5.32 Å². The van der Waals surface area contributed by atoms with Gasteiger partial charge in [-0.2, -0.15) is 0 Å². The molecule has 0 unspecified atom stereocenters. The van der Waals surface area contributed by atoms with Crippen LogP contribution in [0.3, 0.4) is 0 Å². The minimum atomic E-state index is -0.621. The molecule has 0 bridgehead atoms. The Balaban J connectivity index is 2.03. The number of hydrogen-bond donors (Lipinski definition) is 2. The van der Waals surface area contributed by atoms with Gasteiger partial charge in [-0.25, -0.2) is 0 Å². The van der Waals surface area contributed by atoms with Gasteiger partial charge >= 0.3 is 0 Å². The molecule has 1 aromatic heterocycles. The summed E-state index contributed by atoms with van der Waals surface area (Å²) in [5.41, 5.74) is 7.61. The maximum atomic E-state index is 12.8. The number of carbonyl (C=O) groups is 2. The van der Waals surface area contributed by atoms with Crippen LogP contribution in [0.5, 0.6) is 5.75 Å². The molecule has 0 aliphatic carbocycles. The predicted molar refractivity (Wildman–Crippen MR) is 100 cm³/mol. The SMILES string of the molecule is COc1ccccc1-c1ccccc1-n1c(N)c2c(cc1=O)C(=O)NC2=O. The van der Waals surface area contributed by atoms with Gasteiger partial charge in [0.2, 0.25) is 0 Å². The van der Waals surface area contributed by atoms with Crippen molar-refractivity contribution in [2.75, 3.05) is 12.8 Å². The molecule has 0 saturated heterocycles. The maximum Gasteiger partial charge on any atom is 0.262 e. The Bertz CT molecular complexity index is 1160. The number of anilines is 1. The van der Waals surface area contributed by atoms with Gasteiger partial charge < -0.3 is 10.5 Å². The molecule has 0 radical (unpaired) electrons. The lowest BCUT2D eigenvalue weighted by Gasteiger charge is -2.17. The zero-order chi connectivity index (χ0) is 19.1. The number of benzene rings is 2. The van der Waals surface area contributed by atoms with E-state index in [9.17, 15) is 14.4 Å². The third kappa shape index (κ3) is 2.48. The second-order valence-corrected chi connectivity index (χ2v) is 5.99. The van der Waals surface area contributed by atoms with Gasteiger partial charge in [-0.15, -0.1) is 0 Å². The van der Waals surface area contributed by atoms with E-state index in [1.807, 2.05) is 36.4 Å². The van der Waals surface area contributed by atoms with E-state index in [0.717, 1.165) is 11.6 Å². The zero-order valence-electron chi connectivity index (χ0n) is 14.4. The maximum absolute atomic E-state index is 12.8. The second kappa shape index (κ2) is 6.14. The fourth-order valence-electron chi connectivity index (χ4n) is 3.29. The first-order valence-corrected chi connectivity index (χ1v) is 8.17. The summed E-state index contributed by atoms with van der Waals surface area (Å²) in [4.78, 5) is 36.7. The molecule has 3 N–H and O–H groups in total. The van der Waals surface area contributed by atoms with Crippen molar-refractivity contribution in [1.29, 1.82) is 0 Å². The van der Waals surface area contributed by atoms with Gasteiger partial charge in [0.25, 0.3) is 17.4 Å². The van der Waals surface area contributed by atoms with Crippen LogP contribution in [-0.4, -0.2) is 23.5 Å². The number of methoxy groups -OCH3 is 1. The summed E-state index contributed by atoms with van der Waals surface area (Å²) in [6.07, 6.45) is 0. The van der Waals surface area contributed by atoms with Gasteiger partial charge in [-0.3, -0.25) is 24.3 Å². The molecule has 3 aromatic rings. The molecule has 1 aliphatic rings. The number of fused-ring (bicyclic) bond motifs is 1. The number of amides is 2. The van der Waals surface area contributed by atoms with Crippen LogP contribution in [0.2, 0.25) is 0 Å². The van der Waals surface area contributed by atoms with Gasteiger partial charge in [0.15, 0.2) is 0 Å². The first kappa shape index (κ1) is 16.6. The molecule has 0 saturated carbocycles. The van der Waals surface area contributed by atoms with Crippen molar-refractivity contribution in [3.05, 3.63) is 76.1 Å². The minimum absolute atomic E-state index is 0.00600. The van der Waals surface area contributed by atoms with Gasteiger partial charge in [0.1, 0.15) is 11.6 Å². The van der Waals surface area contributed by atoms with Crippen LogP contribution in [-0.2, 0) is 0 Å². The summed E-state index contributed by atoms with van der Waals surface area (Å²) in [5, 5.41) is 2.16. The minimum Gasteiger partial charge on any atom is -0.496 e. The molecule has 0 atom stereocenters. The van der Waals surface area contributed by atoms with Crippen LogP contribution >= 0.6 is 0 Å². The lowest BCUT2D eigenvalue weighted by atomic mass is 10.0. The van der Waals surface area contributed by atoms with Gasteiger partial charge in [0, 0.05) is 17.2 Å². The Morgan fingerprint density at radius 3 is 2.30 bits per heavy atom. The van der Waals surface area contributed by atoms with E-state index in [1.54, 1.807) is 19.2 Å². The summed E-state index contributed by atoms with van der Waals surface area (Å²) in [5.74, 6) is -0.686. The fraction of sp³-hybridized carbons (Fsp3) is 0.0500. The average molecular weight is 361 g/mol. The highest BCUT2D eigenvalue weighted by Gasteiger charge is 2.32. The molecule has 134 valence electrons. The molecular weight excluding hydrogens is 346 g/mol. The van der Waals surface area contributed by atoms with Crippen molar-refractivity contribution in [3.8, 4) is 22.6 Å². The number of carbonyl (C=O) groups excluding carboxylic acids is 2. The van der Waals surface area contributed by atoms with E-state index >= 15 is 0 Å². The van der Waals surface area contributed by atoms with Crippen molar-refractivity contribution in [2.45, 2.75) is 0 Å². The molecule has 2 amide bonds. The summed E-state index contributed by atoms with van der Waals surface area (Å²) in [6.45, 7) is 0. The largest absolute Gasteiger partial charge is 0.496 e. The molecule has 0 spiro atoms. The van der Waals surface area contributed by atoms with E-state index in [4.69, 9.17) is 10.5 Å². The van der Waals surface area contributed by atoms with E-state index in [1.165, 1.54) is 4.57 Å². The number of ether oxygens (including phenoxy) is 1. The fourth-order valence-corrected chi connectivity index (χ4v) is 3.29. The Labute approximate surface area is 154 Å². The first-order chi connectivity index (χ1) is 13.0. The van der Waals surface area contributed by atoms with E-state index in [0.29, 0.717) is 17.0 Å². The summed E-state index contributed by atoms with van der Waals surface area (Å²) in [6, 6.07) is 15.7. The third-order valence-corrected chi connectivity index (χ3v) is 4.50. The van der Waals surface area contributed by atoms with Crippen molar-refractivity contribution in [2.24, 2.45) is 0 Å². The third-order valence-electron chi connectivity index (χ3n) is 4.50. The number of para-hydroxylation sites is 2. The van der Waals surface area contributed by atoms with Crippen molar-refractivity contribution in [3.63, 3.8) is 0 Å². The van der Waals surface area contributed by atoms with Gasteiger partial charge in [-0.1, -0.05) is 36.4 Å². The van der Waals surface area contributed by atoms with Crippen LogP contribution in [0, 0.1) is 0 Å². The molecule has 2 heterocycles. The normalized spacial score (nSPS) is 12.6. The lowest BCUT2D eigenvalue weighted by Crippen LogP contribution is -2.24. The quantitative estimate of drug-likeness (QED) is 0.694. The smallest absolute Gasteiger partial charge is 0.262 e. The molecule has 7 heteroatoms. The zero-order valence-corrected chi connectivity index (χ0v) is 14.4. The summed E-state index contributed by atoms with van der Waals surface area (Å²) >= 11 is 0. The van der Waals surface area contributed by atoms with E-state index in [-0.39, 0.29) is 16.9 Å². The highest BCUT2D eigenvalue weighted by Crippen LogP contribution is 2.35. The number of nitrogen functional groups attached to an aromatic ring is 1. The summed E-state index contributed by atoms with van der Waals surface area (Å²) in [7, 11) is 1.56. The van der Waals surface area contributed by atoms with Crippen LogP contribution in [0.1, 0.15) is 20.7 Å². The molecule has 0 fully saturated rings. The Kier molecular flexibility index (Phi) is 3.77. The molecule has 2 aromatic carbocycles. The number of rotatable bonds is 3. The Morgan fingerprint density at radius 1 is 0.889 bits per heavy atom. The van der Waals surface area contributed by atoms with Crippen molar-refractivity contribution >= 4 is 17.6 Å². The molecular formula is C20H15N3O4. The van der Waals surface area contributed by atoms with Gasteiger partial charge in [-0.05, 0) is 12.1 Å². The summed E-state index contributed by atoms with van der Waals surface area (Å²) < 4.78 is 6.66. The number of imide groups is 1. The number of nitrogens with two attached hydrogens (primary N) is 1. The van der Waals surface area contributed by atoms with Crippen LogP contribution in [0.25, 0.3) is 16.8 Å². The molecule has 27 heavy (non-hydrogen) atoms. The van der Waals surface area contributed by atoms with Crippen LogP contribution in [0.4, 0.5) is 5.82 Å². The number of aromatic nitrogens is 1. The molecule has 1 aliphatic heterocycles. The highest BCUT2D eigenvalue weighted by atomic mass is 16.5. The number of nitrogens with one attached hydrogen (secondary N) is 1. The van der Waals surface area contributed by atoms with Crippen molar-refractivity contribution < 1.29 is 14.3 Å². The number of pyridine rings is 1. The molecule has 7 nitrogen and oxygen atoms in total. The van der Waals surface area contributed by atoms with E-state index < -0.39 is 17.4 Å². The average Bonchev–Trinajstić information content (AvgIpc) is 2.95. The number of nitrogens with zero attached hydrogens (tertiary/aromatic N) is 1. The molecule has 4 rings (SSSR count). The highest BCUT2D eigenvalue weighted by molar-refractivity contribution is 6.23. The number of hydrogen-bond acceptors (Lipinski definition) is 5. The lowest BCUT2D eigenvalue weighted by molar-refractivity contribution is 0.0880. The Hall–Kier alpha value is -3.87. The van der Waals surface area contributed by atoms with Gasteiger partial charge in [0.05, 0.1) is 23.9 Å². The van der Waals surface area contributed by atoms with Crippen LogP contribution in [0.15, 0.2) is 59.4 Å². The van der Waals surface area contributed by atoms with Crippen LogP contribution < -0.4 is 21.3 Å².